The third-order valence-corrected chi connectivity index (χ3v) is 2.70. The highest BCUT2D eigenvalue weighted by molar-refractivity contribution is 7.99. The van der Waals surface area contributed by atoms with Crippen LogP contribution < -0.4 is 5.73 Å². The topological polar surface area (TPSA) is 88.5 Å². The number of rotatable bonds is 2. The molecule has 0 saturated carbocycles. The molecule has 0 bridgehead atoms. The van der Waals surface area contributed by atoms with E-state index >= 15 is 0 Å². The number of nitriles is 1. The molecule has 0 spiro atoms. The van der Waals surface area contributed by atoms with Gasteiger partial charge in [0.05, 0.1) is 17.4 Å². The van der Waals surface area contributed by atoms with Gasteiger partial charge in [0.2, 0.25) is 0 Å². The summed E-state index contributed by atoms with van der Waals surface area (Å²) in [6.45, 7) is 0. The van der Waals surface area contributed by atoms with Crippen molar-refractivity contribution < 1.29 is 0 Å². The van der Waals surface area contributed by atoms with Crippen LogP contribution in [-0.2, 0) is 0 Å². The lowest BCUT2D eigenvalue weighted by Gasteiger charge is -2.02. The summed E-state index contributed by atoms with van der Waals surface area (Å²) in [6.07, 6.45) is 6.31. The molecule has 0 atom stereocenters. The zero-order chi connectivity index (χ0) is 11.4. The normalized spacial score (nSPS) is 9.69. The van der Waals surface area contributed by atoms with Crippen molar-refractivity contribution in [1.82, 2.24) is 15.0 Å². The van der Waals surface area contributed by atoms with Gasteiger partial charge in [0, 0.05) is 18.6 Å². The van der Waals surface area contributed by atoms with E-state index in [0.717, 1.165) is 0 Å². The van der Waals surface area contributed by atoms with Crippen LogP contribution >= 0.6 is 11.8 Å². The lowest BCUT2D eigenvalue weighted by molar-refractivity contribution is 1.04. The summed E-state index contributed by atoms with van der Waals surface area (Å²) in [7, 11) is 0. The van der Waals surface area contributed by atoms with Crippen LogP contribution in [0.15, 0.2) is 40.9 Å². The molecule has 0 unspecified atom stereocenters. The fourth-order valence-electron chi connectivity index (χ4n) is 1.05. The molecule has 5 nitrogen and oxygen atoms in total. The van der Waals surface area contributed by atoms with E-state index < -0.39 is 0 Å². The minimum Gasteiger partial charge on any atom is -0.396 e. The number of nitrogens with zero attached hydrogens (tertiary/aromatic N) is 4. The summed E-state index contributed by atoms with van der Waals surface area (Å²) < 4.78 is 0. The Balaban J connectivity index is 2.27. The molecule has 2 aromatic rings. The van der Waals surface area contributed by atoms with E-state index in [1.54, 1.807) is 24.7 Å². The van der Waals surface area contributed by atoms with Gasteiger partial charge < -0.3 is 5.73 Å². The third kappa shape index (κ3) is 2.27. The Morgan fingerprint density at radius 2 is 2.12 bits per heavy atom. The van der Waals surface area contributed by atoms with Crippen molar-refractivity contribution >= 4 is 17.4 Å². The van der Waals surface area contributed by atoms with Crippen LogP contribution in [0.1, 0.15) is 5.56 Å². The second-order valence-corrected chi connectivity index (χ2v) is 3.88. The summed E-state index contributed by atoms with van der Waals surface area (Å²) in [5, 5.41) is 10.0. The second kappa shape index (κ2) is 4.59. The average molecular weight is 229 g/mol. The van der Waals surface area contributed by atoms with Gasteiger partial charge in [-0.15, -0.1) is 0 Å². The first kappa shape index (κ1) is 10.4. The molecule has 78 valence electrons. The van der Waals surface area contributed by atoms with Crippen LogP contribution in [0.25, 0.3) is 0 Å². The summed E-state index contributed by atoms with van der Waals surface area (Å²) in [5.41, 5.74) is 6.67. The lowest BCUT2D eigenvalue weighted by Crippen LogP contribution is -1.93. The Morgan fingerprint density at radius 1 is 1.25 bits per heavy atom. The van der Waals surface area contributed by atoms with Gasteiger partial charge in [-0.3, -0.25) is 4.98 Å². The molecule has 0 saturated heterocycles. The van der Waals surface area contributed by atoms with E-state index in [4.69, 9.17) is 11.0 Å². The quantitative estimate of drug-likeness (QED) is 0.839. The highest BCUT2D eigenvalue weighted by atomic mass is 32.2. The van der Waals surface area contributed by atoms with Crippen molar-refractivity contribution in [1.29, 1.82) is 5.26 Å². The average Bonchev–Trinajstić information content (AvgIpc) is 2.33. The van der Waals surface area contributed by atoms with Crippen molar-refractivity contribution in [2.45, 2.75) is 10.1 Å². The first-order chi connectivity index (χ1) is 7.79. The van der Waals surface area contributed by atoms with E-state index in [-0.39, 0.29) is 0 Å². The predicted molar refractivity (Wildman–Crippen MR) is 59.5 cm³/mol. The van der Waals surface area contributed by atoms with Crippen LogP contribution in [-0.4, -0.2) is 15.0 Å². The fourth-order valence-corrected chi connectivity index (χ4v) is 1.76. The fraction of sp³-hybridized carbons (Fsp3) is 0. The Hall–Kier alpha value is -2.13. The molecule has 0 amide bonds. The van der Waals surface area contributed by atoms with E-state index in [0.29, 0.717) is 21.3 Å². The molecular formula is C10H7N5S. The molecule has 2 aromatic heterocycles. The molecule has 0 fully saturated rings. The number of nitrogens with two attached hydrogens (primary N) is 1. The molecule has 0 radical (unpaired) electrons. The molecule has 16 heavy (non-hydrogen) atoms. The van der Waals surface area contributed by atoms with Gasteiger partial charge in [-0.1, -0.05) is 0 Å². The van der Waals surface area contributed by atoms with E-state index in [2.05, 4.69) is 15.0 Å². The number of aromatic nitrogens is 3. The smallest absolute Gasteiger partial charge is 0.125 e. The zero-order valence-electron chi connectivity index (χ0n) is 8.16. The lowest BCUT2D eigenvalue weighted by atomic mass is 10.3. The van der Waals surface area contributed by atoms with Crippen molar-refractivity contribution in [2.24, 2.45) is 0 Å². The molecule has 2 N–H and O–H groups in total. The van der Waals surface area contributed by atoms with Crippen molar-refractivity contribution in [2.75, 3.05) is 5.73 Å². The van der Waals surface area contributed by atoms with E-state index in [1.165, 1.54) is 18.0 Å². The van der Waals surface area contributed by atoms with Crippen molar-refractivity contribution in [3.63, 3.8) is 0 Å². The number of hydrogen-bond donors (Lipinski definition) is 1. The van der Waals surface area contributed by atoms with Crippen LogP contribution in [0, 0.1) is 11.3 Å². The highest BCUT2D eigenvalue weighted by Crippen LogP contribution is 2.28. The zero-order valence-corrected chi connectivity index (χ0v) is 8.98. The third-order valence-electron chi connectivity index (χ3n) is 1.75. The summed E-state index contributed by atoms with van der Waals surface area (Å²) in [6, 6.07) is 3.57. The van der Waals surface area contributed by atoms with Gasteiger partial charge in [-0.25, -0.2) is 9.97 Å². The first-order valence-corrected chi connectivity index (χ1v) is 5.21. The van der Waals surface area contributed by atoms with Crippen molar-refractivity contribution in [3.05, 3.63) is 36.4 Å². The van der Waals surface area contributed by atoms with Gasteiger partial charge in [-0.2, -0.15) is 5.26 Å². The standard InChI is InChI=1S/C10H7N5S/c11-4-7-3-8(12)10(15-5-7)16-9-6-13-1-2-14-9/h1-3,5-6H,12H2. The molecule has 0 aliphatic heterocycles. The largest absolute Gasteiger partial charge is 0.396 e. The van der Waals surface area contributed by atoms with Crippen LogP contribution in [0.4, 0.5) is 5.69 Å². The Bertz CT molecular complexity index is 535. The highest BCUT2D eigenvalue weighted by Gasteiger charge is 2.05. The Kier molecular flexibility index (Phi) is 2.98. The summed E-state index contributed by atoms with van der Waals surface area (Å²) in [4.78, 5) is 12.1. The second-order valence-electron chi connectivity index (χ2n) is 2.88. The Morgan fingerprint density at radius 3 is 2.75 bits per heavy atom. The Labute approximate surface area is 96.4 Å². The molecule has 2 rings (SSSR count). The van der Waals surface area contributed by atoms with Crippen LogP contribution in [0.2, 0.25) is 0 Å². The number of nitrogen functional groups attached to an aromatic ring is 1. The maximum absolute atomic E-state index is 8.67. The predicted octanol–water partition coefficient (Wildman–Crippen LogP) is 1.48. The number of anilines is 1. The molecule has 6 heteroatoms. The molecule has 0 aromatic carbocycles. The summed E-state index contributed by atoms with van der Waals surface area (Å²) >= 11 is 1.31. The molecule has 2 heterocycles. The maximum Gasteiger partial charge on any atom is 0.125 e. The first-order valence-electron chi connectivity index (χ1n) is 4.39. The van der Waals surface area contributed by atoms with Crippen LogP contribution in [0.3, 0.4) is 0 Å². The van der Waals surface area contributed by atoms with E-state index in [9.17, 15) is 0 Å². The van der Waals surface area contributed by atoms with E-state index in [1.807, 2.05) is 6.07 Å². The van der Waals surface area contributed by atoms with Gasteiger partial charge in [-0.05, 0) is 17.8 Å². The summed E-state index contributed by atoms with van der Waals surface area (Å²) in [5.74, 6) is 0. The molecule has 0 aliphatic carbocycles. The van der Waals surface area contributed by atoms with Gasteiger partial charge in [0.1, 0.15) is 16.1 Å². The molecule has 0 aliphatic rings. The van der Waals surface area contributed by atoms with Gasteiger partial charge >= 0.3 is 0 Å². The monoisotopic (exact) mass is 229 g/mol. The SMILES string of the molecule is N#Cc1cnc(Sc2cnccn2)c(N)c1. The van der Waals surface area contributed by atoms with Gasteiger partial charge in [0.25, 0.3) is 0 Å². The minimum absolute atomic E-state index is 0.445. The van der Waals surface area contributed by atoms with Crippen molar-refractivity contribution in [3.8, 4) is 6.07 Å². The number of hydrogen-bond acceptors (Lipinski definition) is 6. The number of pyridine rings is 1. The van der Waals surface area contributed by atoms with Gasteiger partial charge in [0.15, 0.2) is 0 Å². The minimum atomic E-state index is 0.445. The van der Waals surface area contributed by atoms with Crippen LogP contribution in [0.5, 0.6) is 0 Å². The molecular weight excluding hydrogens is 222 g/mol. The maximum atomic E-state index is 8.67.